The molecule has 0 spiro atoms. The third-order valence-corrected chi connectivity index (χ3v) is 7.14. The molecular formula is C29H38N4O5. The number of methoxy groups -OCH3 is 1. The summed E-state index contributed by atoms with van der Waals surface area (Å²) in [6.45, 7) is 11.9. The number of Topliss-reactive ketones (excluding diaryl/α,β-unsaturated/α-hetero) is 1. The molecule has 3 heterocycles. The van der Waals surface area contributed by atoms with Crippen LogP contribution in [0.25, 0.3) is 10.8 Å². The molecule has 2 aromatic carbocycles. The lowest BCUT2D eigenvalue weighted by Crippen LogP contribution is -2.37. The predicted octanol–water partition coefficient (Wildman–Crippen LogP) is 3.61. The van der Waals surface area contributed by atoms with Crippen LogP contribution in [-0.4, -0.2) is 70.1 Å². The van der Waals surface area contributed by atoms with Crippen LogP contribution in [0.15, 0.2) is 30.5 Å². The van der Waals surface area contributed by atoms with E-state index in [1.54, 1.807) is 7.11 Å². The van der Waals surface area contributed by atoms with Crippen molar-refractivity contribution in [1.82, 2.24) is 9.88 Å². The Morgan fingerprint density at radius 1 is 1.03 bits per heavy atom. The Balaban J connectivity index is 1.50. The highest BCUT2D eigenvalue weighted by Gasteiger charge is 2.27. The van der Waals surface area contributed by atoms with Crippen LogP contribution < -0.4 is 30.2 Å². The van der Waals surface area contributed by atoms with Crippen molar-refractivity contribution in [3.8, 4) is 17.2 Å². The van der Waals surface area contributed by atoms with Crippen LogP contribution in [0.5, 0.6) is 17.2 Å². The van der Waals surface area contributed by atoms with Gasteiger partial charge in [0.05, 0.1) is 32.6 Å². The van der Waals surface area contributed by atoms with E-state index in [0.717, 1.165) is 54.0 Å². The molecule has 0 unspecified atom stereocenters. The van der Waals surface area contributed by atoms with Gasteiger partial charge in [0.15, 0.2) is 17.3 Å². The molecule has 2 aliphatic rings. The third kappa shape index (κ3) is 5.26. The Hall–Kier alpha value is -3.43. The van der Waals surface area contributed by atoms with Gasteiger partial charge in [-0.2, -0.15) is 0 Å². The molecule has 0 radical (unpaired) electrons. The number of ether oxygens (including phenoxy) is 4. The lowest BCUT2D eigenvalue weighted by molar-refractivity contribution is 0.0973. The van der Waals surface area contributed by atoms with Crippen LogP contribution >= 0.6 is 0 Å². The second kappa shape index (κ2) is 10.7. The SMILES string of the molecule is COc1c(N2CCOCC2)cc(C(=O)Cn2cc3cc4c(cc3c2N)OCCNCCO4)cc1C(C)(C)C. The van der Waals surface area contributed by atoms with E-state index >= 15 is 0 Å². The molecule has 38 heavy (non-hydrogen) atoms. The molecule has 0 amide bonds. The van der Waals surface area contributed by atoms with Crippen molar-refractivity contribution in [1.29, 1.82) is 0 Å². The zero-order chi connectivity index (χ0) is 26.9. The van der Waals surface area contributed by atoms with Crippen molar-refractivity contribution >= 4 is 28.1 Å². The molecule has 1 saturated heterocycles. The van der Waals surface area contributed by atoms with E-state index in [1.165, 1.54) is 0 Å². The van der Waals surface area contributed by atoms with E-state index in [0.29, 0.717) is 49.3 Å². The fraction of sp³-hybridized carbons (Fsp3) is 0.483. The molecule has 0 aliphatic carbocycles. The lowest BCUT2D eigenvalue weighted by atomic mass is 9.84. The number of aromatic nitrogens is 1. The van der Waals surface area contributed by atoms with Crippen LogP contribution in [0.4, 0.5) is 11.5 Å². The van der Waals surface area contributed by atoms with Gasteiger partial charge in [-0.3, -0.25) is 4.79 Å². The summed E-state index contributed by atoms with van der Waals surface area (Å²) >= 11 is 0. The zero-order valence-corrected chi connectivity index (χ0v) is 22.8. The van der Waals surface area contributed by atoms with Crippen molar-refractivity contribution in [2.75, 3.05) is 70.3 Å². The number of nitrogens with two attached hydrogens (primary N) is 1. The van der Waals surface area contributed by atoms with Crippen molar-refractivity contribution < 1.29 is 23.7 Å². The van der Waals surface area contributed by atoms with E-state index in [1.807, 2.05) is 35.0 Å². The minimum Gasteiger partial charge on any atom is -0.494 e. The largest absolute Gasteiger partial charge is 0.494 e. The number of morpholine rings is 1. The van der Waals surface area contributed by atoms with Gasteiger partial charge in [0, 0.05) is 54.3 Å². The summed E-state index contributed by atoms with van der Waals surface area (Å²) in [7, 11) is 1.69. The summed E-state index contributed by atoms with van der Waals surface area (Å²) in [5.74, 6) is 2.66. The number of nitrogens with one attached hydrogen (secondary N) is 1. The van der Waals surface area contributed by atoms with Gasteiger partial charge in [0.25, 0.3) is 0 Å². The maximum atomic E-state index is 13.7. The minimum atomic E-state index is -0.214. The first-order chi connectivity index (χ1) is 18.3. The number of benzene rings is 2. The highest BCUT2D eigenvalue weighted by molar-refractivity contribution is 6.00. The molecule has 0 saturated carbocycles. The first kappa shape index (κ1) is 26.2. The van der Waals surface area contributed by atoms with Gasteiger partial charge in [-0.05, 0) is 29.7 Å². The molecule has 1 aromatic heterocycles. The molecule has 9 nitrogen and oxygen atoms in total. The van der Waals surface area contributed by atoms with Gasteiger partial charge < -0.3 is 39.5 Å². The van der Waals surface area contributed by atoms with Gasteiger partial charge in [-0.1, -0.05) is 20.8 Å². The molecule has 3 aromatic rings. The molecule has 0 bridgehead atoms. The van der Waals surface area contributed by atoms with Crippen LogP contribution in [-0.2, 0) is 16.7 Å². The normalized spacial score (nSPS) is 16.6. The molecule has 1 fully saturated rings. The highest BCUT2D eigenvalue weighted by Crippen LogP contribution is 2.41. The molecule has 2 aliphatic heterocycles. The third-order valence-electron chi connectivity index (χ3n) is 7.14. The molecule has 0 atom stereocenters. The first-order valence-electron chi connectivity index (χ1n) is 13.2. The Morgan fingerprint density at radius 3 is 2.37 bits per heavy atom. The van der Waals surface area contributed by atoms with Crippen molar-refractivity contribution in [2.45, 2.75) is 32.7 Å². The van der Waals surface area contributed by atoms with Gasteiger partial charge in [0.2, 0.25) is 0 Å². The number of hydrogen-bond donors (Lipinski definition) is 2. The van der Waals surface area contributed by atoms with Gasteiger partial charge >= 0.3 is 0 Å². The number of nitrogen functional groups attached to an aromatic ring is 1. The van der Waals surface area contributed by atoms with E-state index in [9.17, 15) is 4.79 Å². The number of carbonyl (C=O) groups is 1. The number of hydrogen-bond acceptors (Lipinski definition) is 8. The fourth-order valence-corrected chi connectivity index (χ4v) is 5.08. The van der Waals surface area contributed by atoms with E-state index in [-0.39, 0.29) is 17.7 Å². The van der Waals surface area contributed by atoms with Crippen LogP contribution in [0, 0.1) is 0 Å². The number of carbonyl (C=O) groups excluding carboxylic acids is 1. The maximum Gasteiger partial charge on any atom is 0.182 e. The van der Waals surface area contributed by atoms with E-state index in [2.05, 4.69) is 31.0 Å². The summed E-state index contributed by atoms with van der Waals surface area (Å²) in [5.41, 5.74) is 8.90. The average Bonchev–Trinajstić information content (AvgIpc) is 3.26. The van der Waals surface area contributed by atoms with Crippen molar-refractivity contribution in [2.24, 2.45) is 0 Å². The molecular weight excluding hydrogens is 484 g/mol. The second-order valence-corrected chi connectivity index (χ2v) is 10.8. The number of rotatable bonds is 5. The number of fused-ring (bicyclic) bond motifs is 2. The van der Waals surface area contributed by atoms with Crippen molar-refractivity contribution in [3.05, 3.63) is 41.6 Å². The van der Waals surface area contributed by atoms with Gasteiger partial charge in [0.1, 0.15) is 24.8 Å². The maximum absolute atomic E-state index is 13.7. The monoisotopic (exact) mass is 522 g/mol. The van der Waals surface area contributed by atoms with Crippen LogP contribution in [0.2, 0.25) is 0 Å². The Morgan fingerprint density at radius 2 is 1.71 bits per heavy atom. The number of anilines is 2. The average molecular weight is 523 g/mol. The second-order valence-electron chi connectivity index (χ2n) is 10.8. The quantitative estimate of drug-likeness (QED) is 0.491. The summed E-state index contributed by atoms with van der Waals surface area (Å²) in [5, 5.41) is 5.01. The van der Waals surface area contributed by atoms with Gasteiger partial charge in [-0.25, -0.2) is 0 Å². The van der Waals surface area contributed by atoms with E-state index in [4.69, 9.17) is 24.7 Å². The standard InChI is InChI=1S/C29H38N4O5/c1-29(2,3)22-13-19(14-23(27(22)35-4)32-7-11-36-12-8-32)24(34)18-33-17-20-15-25-26(16-21(20)28(33)30)38-10-6-31-5-9-37-25/h13-17,31H,5-12,18,30H2,1-4H3. The lowest BCUT2D eigenvalue weighted by Gasteiger charge is -2.33. The Kier molecular flexibility index (Phi) is 7.40. The fourth-order valence-electron chi connectivity index (χ4n) is 5.08. The summed E-state index contributed by atoms with van der Waals surface area (Å²) < 4.78 is 25.1. The van der Waals surface area contributed by atoms with Crippen LogP contribution in [0.1, 0.15) is 36.7 Å². The Bertz CT molecular complexity index is 1320. The Labute approximate surface area is 223 Å². The number of nitrogens with zero attached hydrogens (tertiary/aromatic N) is 2. The molecule has 3 N–H and O–H groups in total. The molecule has 5 rings (SSSR count). The predicted molar refractivity (Wildman–Crippen MR) is 149 cm³/mol. The summed E-state index contributed by atoms with van der Waals surface area (Å²) in [6.07, 6.45) is 1.91. The van der Waals surface area contributed by atoms with E-state index < -0.39 is 0 Å². The summed E-state index contributed by atoms with van der Waals surface area (Å²) in [6, 6.07) is 7.77. The summed E-state index contributed by atoms with van der Waals surface area (Å²) in [4.78, 5) is 16.0. The first-order valence-corrected chi connectivity index (χ1v) is 13.2. The molecule has 204 valence electrons. The smallest absolute Gasteiger partial charge is 0.182 e. The molecule has 9 heteroatoms. The van der Waals surface area contributed by atoms with Gasteiger partial charge in [-0.15, -0.1) is 0 Å². The minimum absolute atomic E-state index is 0.0203. The highest BCUT2D eigenvalue weighted by atomic mass is 16.5. The van der Waals surface area contributed by atoms with Crippen molar-refractivity contribution in [3.63, 3.8) is 0 Å². The number of ketones is 1. The topological polar surface area (TPSA) is 100 Å². The van der Waals surface area contributed by atoms with Crippen LogP contribution in [0.3, 0.4) is 0 Å². The zero-order valence-electron chi connectivity index (χ0n) is 22.8.